The van der Waals surface area contributed by atoms with Gasteiger partial charge in [-0.2, -0.15) is 0 Å². The normalized spacial score (nSPS) is 20.8. The maximum Gasteiger partial charge on any atom is 0.125 e. The summed E-state index contributed by atoms with van der Waals surface area (Å²) >= 11 is 0. The molecule has 0 spiro atoms. The molecule has 3 heteroatoms. The van der Waals surface area contributed by atoms with Crippen molar-refractivity contribution in [2.45, 2.75) is 46.1 Å². The Bertz CT molecular complexity index is 414. The second-order valence-corrected chi connectivity index (χ2v) is 6.08. The van der Waals surface area contributed by atoms with Gasteiger partial charge in [0.1, 0.15) is 5.82 Å². The Hall–Kier alpha value is -1.09. The first-order valence-electron chi connectivity index (χ1n) is 7.50. The predicted octanol–water partition coefficient (Wildman–Crippen LogP) is 3.61. The summed E-state index contributed by atoms with van der Waals surface area (Å²) in [5.74, 6) is 1.69. The van der Waals surface area contributed by atoms with Gasteiger partial charge in [-0.1, -0.05) is 20.3 Å². The maximum absolute atomic E-state index is 4.51. The smallest absolute Gasteiger partial charge is 0.125 e. The Morgan fingerprint density at radius 3 is 2.84 bits per heavy atom. The van der Waals surface area contributed by atoms with Gasteiger partial charge in [-0.15, -0.1) is 0 Å². The summed E-state index contributed by atoms with van der Waals surface area (Å²) in [5, 5.41) is 3.12. The van der Waals surface area contributed by atoms with Gasteiger partial charge in [0.2, 0.25) is 0 Å². The first-order chi connectivity index (χ1) is 9.11. The SMILES string of the molecule is CNc1cc(C)c(C2CCCCN2CC(C)C)cn1. The van der Waals surface area contributed by atoms with E-state index in [4.69, 9.17) is 0 Å². The van der Waals surface area contributed by atoms with Crippen LogP contribution in [0.15, 0.2) is 12.3 Å². The molecule has 1 saturated heterocycles. The summed E-state index contributed by atoms with van der Waals surface area (Å²) in [7, 11) is 1.92. The Balaban J connectivity index is 2.21. The van der Waals surface area contributed by atoms with Gasteiger partial charge in [0.05, 0.1) is 0 Å². The number of rotatable bonds is 4. The molecule has 1 fully saturated rings. The quantitative estimate of drug-likeness (QED) is 0.897. The molecule has 2 heterocycles. The highest BCUT2D eigenvalue weighted by atomic mass is 15.2. The lowest BCUT2D eigenvalue weighted by atomic mass is 9.93. The van der Waals surface area contributed by atoms with Crippen molar-refractivity contribution in [3.8, 4) is 0 Å². The molecular formula is C16H27N3. The fourth-order valence-corrected chi connectivity index (χ4v) is 3.08. The fourth-order valence-electron chi connectivity index (χ4n) is 3.08. The van der Waals surface area contributed by atoms with E-state index in [2.05, 4.69) is 48.2 Å². The van der Waals surface area contributed by atoms with E-state index in [1.807, 2.05) is 7.05 Å². The number of aromatic nitrogens is 1. The first kappa shape index (κ1) is 14.3. The largest absolute Gasteiger partial charge is 0.373 e. The average Bonchev–Trinajstić information content (AvgIpc) is 2.39. The zero-order valence-electron chi connectivity index (χ0n) is 12.7. The number of nitrogens with zero attached hydrogens (tertiary/aromatic N) is 2. The molecular weight excluding hydrogens is 234 g/mol. The molecule has 0 amide bonds. The van der Waals surface area contributed by atoms with Crippen LogP contribution in [0.25, 0.3) is 0 Å². The lowest BCUT2D eigenvalue weighted by molar-refractivity contribution is 0.131. The van der Waals surface area contributed by atoms with Gasteiger partial charge in [-0.3, -0.25) is 4.90 Å². The molecule has 2 rings (SSSR count). The van der Waals surface area contributed by atoms with E-state index in [-0.39, 0.29) is 0 Å². The minimum atomic E-state index is 0.564. The molecule has 0 saturated carbocycles. The minimum absolute atomic E-state index is 0.564. The van der Waals surface area contributed by atoms with Crippen LogP contribution in [0.5, 0.6) is 0 Å². The van der Waals surface area contributed by atoms with E-state index in [1.54, 1.807) is 0 Å². The van der Waals surface area contributed by atoms with Gasteiger partial charge in [-0.25, -0.2) is 4.98 Å². The van der Waals surface area contributed by atoms with E-state index in [9.17, 15) is 0 Å². The molecule has 1 aliphatic heterocycles. The van der Waals surface area contributed by atoms with E-state index >= 15 is 0 Å². The first-order valence-corrected chi connectivity index (χ1v) is 7.50. The van der Waals surface area contributed by atoms with E-state index < -0.39 is 0 Å². The van der Waals surface area contributed by atoms with Crippen LogP contribution in [0.1, 0.15) is 50.3 Å². The number of aryl methyl sites for hydroxylation is 1. The van der Waals surface area contributed by atoms with Crippen LogP contribution < -0.4 is 5.32 Å². The highest BCUT2D eigenvalue weighted by molar-refractivity contribution is 5.41. The molecule has 1 atom stereocenters. The van der Waals surface area contributed by atoms with Gasteiger partial charge in [0.25, 0.3) is 0 Å². The third-order valence-electron chi connectivity index (χ3n) is 3.98. The second-order valence-electron chi connectivity index (χ2n) is 6.08. The number of likely N-dealkylation sites (tertiary alicyclic amines) is 1. The van der Waals surface area contributed by atoms with Crippen molar-refractivity contribution in [3.63, 3.8) is 0 Å². The van der Waals surface area contributed by atoms with Crippen LogP contribution in [-0.2, 0) is 0 Å². The van der Waals surface area contributed by atoms with E-state index in [0.29, 0.717) is 6.04 Å². The van der Waals surface area contributed by atoms with Crippen molar-refractivity contribution < 1.29 is 0 Å². The Morgan fingerprint density at radius 2 is 2.21 bits per heavy atom. The molecule has 0 radical (unpaired) electrons. The number of anilines is 1. The van der Waals surface area contributed by atoms with Gasteiger partial charge >= 0.3 is 0 Å². The molecule has 106 valence electrons. The summed E-state index contributed by atoms with van der Waals surface area (Å²) in [5.41, 5.74) is 2.78. The van der Waals surface area contributed by atoms with Gasteiger partial charge in [-0.05, 0) is 49.4 Å². The van der Waals surface area contributed by atoms with Crippen molar-refractivity contribution in [2.24, 2.45) is 5.92 Å². The van der Waals surface area contributed by atoms with Crippen molar-refractivity contribution >= 4 is 5.82 Å². The molecule has 1 aromatic rings. The van der Waals surface area contributed by atoms with E-state index in [1.165, 1.54) is 43.5 Å². The molecule has 0 aromatic carbocycles. The molecule has 1 aromatic heterocycles. The van der Waals surface area contributed by atoms with Gasteiger partial charge < -0.3 is 5.32 Å². The van der Waals surface area contributed by atoms with E-state index in [0.717, 1.165) is 11.7 Å². The third-order valence-corrected chi connectivity index (χ3v) is 3.98. The van der Waals surface area contributed by atoms with Crippen LogP contribution in [-0.4, -0.2) is 30.0 Å². The highest BCUT2D eigenvalue weighted by Crippen LogP contribution is 2.33. The monoisotopic (exact) mass is 261 g/mol. The fraction of sp³-hybridized carbons (Fsp3) is 0.688. The van der Waals surface area contributed by atoms with Crippen LogP contribution in [0, 0.1) is 12.8 Å². The zero-order chi connectivity index (χ0) is 13.8. The molecule has 3 nitrogen and oxygen atoms in total. The zero-order valence-corrected chi connectivity index (χ0v) is 12.7. The average molecular weight is 261 g/mol. The molecule has 1 aliphatic rings. The lowest BCUT2D eigenvalue weighted by Gasteiger charge is -2.37. The standard InChI is InChI=1S/C16H27N3/c1-12(2)11-19-8-6-5-7-15(19)14-10-18-16(17-4)9-13(14)3/h9-10,12,15H,5-8,11H2,1-4H3,(H,17,18). The number of hydrogen-bond donors (Lipinski definition) is 1. The molecule has 0 bridgehead atoms. The molecule has 1 N–H and O–H groups in total. The van der Waals surface area contributed by atoms with Crippen molar-refractivity contribution in [2.75, 3.05) is 25.5 Å². The van der Waals surface area contributed by atoms with Crippen molar-refractivity contribution in [1.29, 1.82) is 0 Å². The van der Waals surface area contributed by atoms with Crippen molar-refractivity contribution in [1.82, 2.24) is 9.88 Å². The van der Waals surface area contributed by atoms with Crippen LogP contribution in [0.2, 0.25) is 0 Å². The Kier molecular flexibility index (Phi) is 4.81. The number of pyridine rings is 1. The summed E-state index contributed by atoms with van der Waals surface area (Å²) in [6.07, 6.45) is 6.02. The highest BCUT2D eigenvalue weighted by Gasteiger charge is 2.25. The maximum atomic E-state index is 4.51. The molecule has 1 unspecified atom stereocenters. The van der Waals surface area contributed by atoms with Gasteiger partial charge in [0.15, 0.2) is 0 Å². The second kappa shape index (κ2) is 6.38. The third kappa shape index (κ3) is 3.47. The lowest BCUT2D eigenvalue weighted by Crippen LogP contribution is -2.36. The topological polar surface area (TPSA) is 28.2 Å². The van der Waals surface area contributed by atoms with Gasteiger partial charge in [0, 0.05) is 25.8 Å². The Labute approximate surface area is 117 Å². The predicted molar refractivity (Wildman–Crippen MR) is 81.5 cm³/mol. The van der Waals surface area contributed by atoms with Crippen LogP contribution in [0.4, 0.5) is 5.82 Å². The summed E-state index contributed by atoms with van der Waals surface area (Å²) < 4.78 is 0. The van der Waals surface area contributed by atoms with Crippen LogP contribution in [0.3, 0.4) is 0 Å². The van der Waals surface area contributed by atoms with Crippen molar-refractivity contribution in [3.05, 3.63) is 23.4 Å². The number of nitrogens with one attached hydrogen (secondary N) is 1. The number of hydrogen-bond acceptors (Lipinski definition) is 3. The molecule has 19 heavy (non-hydrogen) atoms. The minimum Gasteiger partial charge on any atom is -0.373 e. The number of piperidine rings is 1. The molecule has 0 aliphatic carbocycles. The summed E-state index contributed by atoms with van der Waals surface area (Å²) in [4.78, 5) is 7.16. The Morgan fingerprint density at radius 1 is 1.42 bits per heavy atom. The van der Waals surface area contributed by atoms with Crippen LogP contribution >= 0.6 is 0 Å². The summed E-state index contributed by atoms with van der Waals surface area (Å²) in [6.45, 7) is 9.25. The summed E-state index contributed by atoms with van der Waals surface area (Å²) in [6, 6.07) is 2.73.